The molecule has 0 atom stereocenters. The van der Waals surface area contributed by atoms with E-state index >= 15 is 0 Å². The summed E-state index contributed by atoms with van der Waals surface area (Å²) in [5, 5.41) is 0. The molecule has 0 unspecified atom stereocenters. The topological polar surface area (TPSA) is 35.8 Å². The van der Waals surface area contributed by atoms with E-state index in [0.717, 1.165) is 28.4 Å². The van der Waals surface area contributed by atoms with Crippen LogP contribution in [0, 0.1) is 6.92 Å². The molecule has 114 valence electrons. The van der Waals surface area contributed by atoms with Crippen molar-refractivity contribution >= 4 is 5.65 Å². The van der Waals surface area contributed by atoms with E-state index in [-0.39, 0.29) is 0 Å². The molecule has 0 aliphatic heterocycles. The molecule has 4 heteroatoms. The number of fused-ring (bicyclic) bond motifs is 1. The molecule has 0 fully saturated rings. The number of hydrogen-bond donors (Lipinski definition) is 0. The lowest BCUT2D eigenvalue weighted by atomic mass is 10.1. The zero-order valence-corrected chi connectivity index (χ0v) is 13.2. The van der Waals surface area contributed by atoms with Crippen LogP contribution in [-0.4, -0.2) is 22.6 Å². The van der Waals surface area contributed by atoms with Crippen LogP contribution in [0.1, 0.15) is 19.4 Å². The van der Waals surface area contributed by atoms with Gasteiger partial charge in [-0.25, -0.2) is 4.98 Å². The Hall–Kier alpha value is -2.49. The normalized spacial score (nSPS) is 10.9. The van der Waals surface area contributed by atoms with Crippen molar-refractivity contribution in [1.29, 1.82) is 0 Å². The van der Waals surface area contributed by atoms with Gasteiger partial charge in [-0.1, -0.05) is 6.07 Å². The standard InChI is InChI=1S/C18H20N2O2/c1-4-21-16-8-7-14(10-17(16)22-5-2)15-12-20-11-13(3)6-9-18(20)19-15/h6-12H,4-5H2,1-3H3. The summed E-state index contributed by atoms with van der Waals surface area (Å²) in [4.78, 5) is 4.67. The molecular weight excluding hydrogens is 276 g/mol. The molecule has 0 radical (unpaired) electrons. The molecule has 0 aliphatic carbocycles. The van der Waals surface area contributed by atoms with Gasteiger partial charge < -0.3 is 13.9 Å². The van der Waals surface area contributed by atoms with Gasteiger partial charge in [0.1, 0.15) is 5.65 Å². The van der Waals surface area contributed by atoms with E-state index in [1.165, 1.54) is 5.56 Å². The number of aromatic nitrogens is 2. The molecule has 4 nitrogen and oxygen atoms in total. The van der Waals surface area contributed by atoms with E-state index in [1.807, 2.05) is 48.7 Å². The fourth-order valence-corrected chi connectivity index (χ4v) is 2.45. The first-order chi connectivity index (χ1) is 10.7. The van der Waals surface area contributed by atoms with Crippen LogP contribution in [0.2, 0.25) is 0 Å². The number of rotatable bonds is 5. The summed E-state index contributed by atoms with van der Waals surface area (Å²) >= 11 is 0. The Balaban J connectivity index is 2.03. The zero-order chi connectivity index (χ0) is 15.5. The van der Waals surface area contributed by atoms with E-state index in [4.69, 9.17) is 9.47 Å². The molecule has 0 spiro atoms. The Labute approximate surface area is 130 Å². The first-order valence-electron chi connectivity index (χ1n) is 7.56. The van der Waals surface area contributed by atoms with Gasteiger partial charge in [-0.3, -0.25) is 0 Å². The maximum absolute atomic E-state index is 5.69. The van der Waals surface area contributed by atoms with Gasteiger partial charge in [-0.05, 0) is 50.6 Å². The summed E-state index contributed by atoms with van der Waals surface area (Å²) in [6.07, 6.45) is 4.11. The average molecular weight is 296 g/mol. The highest BCUT2D eigenvalue weighted by Crippen LogP contribution is 2.32. The van der Waals surface area contributed by atoms with Gasteiger partial charge in [-0.15, -0.1) is 0 Å². The molecule has 3 rings (SSSR count). The first-order valence-corrected chi connectivity index (χ1v) is 7.56. The van der Waals surface area contributed by atoms with Gasteiger partial charge in [0.15, 0.2) is 11.5 Å². The van der Waals surface area contributed by atoms with E-state index in [2.05, 4.69) is 24.2 Å². The smallest absolute Gasteiger partial charge is 0.161 e. The number of benzene rings is 1. The average Bonchev–Trinajstić information content (AvgIpc) is 2.92. The molecule has 2 aromatic heterocycles. The van der Waals surface area contributed by atoms with Crippen LogP contribution in [0.25, 0.3) is 16.9 Å². The van der Waals surface area contributed by atoms with Crippen LogP contribution in [-0.2, 0) is 0 Å². The molecule has 3 aromatic rings. The Bertz CT molecular complexity index is 793. The van der Waals surface area contributed by atoms with Crippen molar-refractivity contribution in [3.05, 3.63) is 48.3 Å². The van der Waals surface area contributed by atoms with Crippen molar-refractivity contribution < 1.29 is 9.47 Å². The second-order valence-corrected chi connectivity index (χ2v) is 5.13. The minimum absolute atomic E-state index is 0.605. The summed E-state index contributed by atoms with van der Waals surface area (Å²) in [7, 11) is 0. The van der Waals surface area contributed by atoms with Crippen LogP contribution in [0.15, 0.2) is 42.7 Å². The molecule has 22 heavy (non-hydrogen) atoms. The first kappa shape index (κ1) is 14.4. The van der Waals surface area contributed by atoms with Crippen LogP contribution < -0.4 is 9.47 Å². The van der Waals surface area contributed by atoms with E-state index in [0.29, 0.717) is 13.2 Å². The fourth-order valence-electron chi connectivity index (χ4n) is 2.45. The number of ether oxygens (including phenoxy) is 2. The van der Waals surface area contributed by atoms with Gasteiger partial charge in [-0.2, -0.15) is 0 Å². The Morgan fingerprint density at radius 3 is 2.50 bits per heavy atom. The van der Waals surface area contributed by atoms with Crippen molar-refractivity contribution in [3.63, 3.8) is 0 Å². The lowest BCUT2D eigenvalue weighted by Gasteiger charge is -2.11. The Morgan fingerprint density at radius 1 is 0.955 bits per heavy atom. The number of aryl methyl sites for hydroxylation is 1. The third-order valence-corrected chi connectivity index (χ3v) is 3.44. The highest BCUT2D eigenvalue weighted by molar-refractivity contribution is 5.66. The van der Waals surface area contributed by atoms with Crippen LogP contribution in [0.3, 0.4) is 0 Å². The third-order valence-electron chi connectivity index (χ3n) is 3.44. The molecule has 0 aliphatic rings. The van der Waals surface area contributed by atoms with E-state index in [1.54, 1.807) is 0 Å². The lowest BCUT2D eigenvalue weighted by Crippen LogP contribution is -1.98. The number of hydrogen-bond acceptors (Lipinski definition) is 3. The van der Waals surface area contributed by atoms with Crippen molar-refractivity contribution in [1.82, 2.24) is 9.38 Å². The van der Waals surface area contributed by atoms with Gasteiger partial charge >= 0.3 is 0 Å². The van der Waals surface area contributed by atoms with Crippen molar-refractivity contribution in [2.45, 2.75) is 20.8 Å². The largest absolute Gasteiger partial charge is 0.490 e. The summed E-state index contributed by atoms with van der Waals surface area (Å²) in [6.45, 7) is 7.23. The highest BCUT2D eigenvalue weighted by Gasteiger charge is 2.10. The maximum Gasteiger partial charge on any atom is 0.161 e. The zero-order valence-electron chi connectivity index (χ0n) is 13.2. The Kier molecular flexibility index (Phi) is 4.00. The molecule has 2 heterocycles. The monoisotopic (exact) mass is 296 g/mol. The second-order valence-electron chi connectivity index (χ2n) is 5.13. The number of nitrogens with zero attached hydrogens (tertiary/aromatic N) is 2. The predicted molar refractivity (Wildman–Crippen MR) is 87.7 cm³/mol. The molecule has 1 aromatic carbocycles. The molecule has 0 bridgehead atoms. The highest BCUT2D eigenvalue weighted by atomic mass is 16.5. The van der Waals surface area contributed by atoms with Crippen molar-refractivity contribution in [3.8, 4) is 22.8 Å². The summed E-state index contributed by atoms with van der Waals surface area (Å²) in [6, 6.07) is 10.0. The summed E-state index contributed by atoms with van der Waals surface area (Å²) < 4.78 is 13.3. The number of imidazole rings is 1. The SMILES string of the molecule is CCOc1ccc(-c2cn3cc(C)ccc3n2)cc1OCC. The van der Waals surface area contributed by atoms with Gasteiger partial charge in [0.25, 0.3) is 0 Å². The number of pyridine rings is 1. The van der Waals surface area contributed by atoms with Crippen LogP contribution >= 0.6 is 0 Å². The van der Waals surface area contributed by atoms with E-state index in [9.17, 15) is 0 Å². The second kappa shape index (κ2) is 6.10. The summed E-state index contributed by atoms with van der Waals surface area (Å²) in [5.41, 5.74) is 4.09. The maximum atomic E-state index is 5.69. The fraction of sp³-hybridized carbons (Fsp3) is 0.278. The van der Waals surface area contributed by atoms with Crippen LogP contribution in [0.5, 0.6) is 11.5 Å². The van der Waals surface area contributed by atoms with E-state index < -0.39 is 0 Å². The van der Waals surface area contributed by atoms with Gasteiger partial charge in [0.05, 0.1) is 18.9 Å². The predicted octanol–water partition coefficient (Wildman–Crippen LogP) is 4.11. The lowest BCUT2D eigenvalue weighted by molar-refractivity contribution is 0.288. The third kappa shape index (κ3) is 2.77. The van der Waals surface area contributed by atoms with Crippen molar-refractivity contribution in [2.75, 3.05) is 13.2 Å². The Morgan fingerprint density at radius 2 is 1.73 bits per heavy atom. The van der Waals surface area contributed by atoms with Gasteiger partial charge in [0, 0.05) is 18.0 Å². The quantitative estimate of drug-likeness (QED) is 0.711. The van der Waals surface area contributed by atoms with Gasteiger partial charge in [0.2, 0.25) is 0 Å². The van der Waals surface area contributed by atoms with Crippen molar-refractivity contribution in [2.24, 2.45) is 0 Å². The molecule has 0 saturated carbocycles. The molecule has 0 saturated heterocycles. The molecular formula is C18H20N2O2. The minimum Gasteiger partial charge on any atom is -0.490 e. The minimum atomic E-state index is 0.605. The molecule has 0 amide bonds. The molecule has 0 N–H and O–H groups in total. The summed E-state index contributed by atoms with van der Waals surface area (Å²) in [5.74, 6) is 1.53. The van der Waals surface area contributed by atoms with Crippen LogP contribution in [0.4, 0.5) is 0 Å².